The SMILES string of the molecule is COc1cc(OC)c(C2CC(=O)N(c3ccc(Cl)c(C(=O)O)c3)C3=C2C(=O)CC(c2ccccc2)C3)cc1OC. The highest BCUT2D eigenvalue weighted by molar-refractivity contribution is 6.33. The van der Waals surface area contributed by atoms with E-state index < -0.39 is 11.9 Å². The van der Waals surface area contributed by atoms with Crippen LogP contribution in [0.1, 0.15) is 52.6 Å². The Hall–Kier alpha value is -4.30. The number of amides is 1. The van der Waals surface area contributed by atoms with Crippen LogP contribution in [-0.4, -0.2) is 44.1 Å². The predicted octanol–water partition coefficient (Wildman–Crippen LogP) is 5.99. The molecule has 9 heteroatoms. The number of carbonyl (C=O) groups is 3. The summed E-state index contributed by atoms with van der Waals surface area (Å²) >= 11 is 6.13. The monoisotopic (exact) mass is 561 g/mol. The number of carboxylic acid groups (broad SMARTS) is 1. The fourth-order valence-electron chi connectivity index (χ4n) is 5.70. The Morgan fingerprint density at radius 3 is 2.20 bits per heavy atom. The highest BCUT2D eigenvalue weighted by atomic mass is 35.5. The van der Waals surface area contributed by atoms with Crippen molar-refractivity contribution in [3.05, 3.63) is 93.6 Å². The molecule has 2 unspecified atom stereocenters. The van der Waals surface area contributed by atoms with Gasteiger partial charge in [0.25, 0.3) is 0 Å². The number of allylic oxidation sites excluding steroid dienone is 2. The Balaban J connectivity index is 1.72. The number of rotatable bonds is 7. The molecule has 0 saturated carbocycles. The van der Waals surface area contributed by atoms with Crippen molar-refractivity contribution in [3.8, 4) is 17.2 Å². The van der Waals surface area contributed by atoms with Crippen LogP contribution in [-0.2, 0) is 9.59 Å². The molecule has 2 atom stereocenters. The quantitative estimate of drug-likeness (QED) is 0.378. The number of hydrogen-bond donors (Lipinski definition) is 1. The first kappa shape index (κ1) is 27.3. The molecule has 5 rings (SSSR count). The summed E-state index contributed by atoms with van der Waals surface area (Å²) in [5.74, 6) is -0.938. The van der Waals surface area contributed by atoms with E-state index in [4.69, 9.17) is 25.8 Å². The molecule has 0 aromatic heterocycles. The van der Waals surface area contributed by atoms with Gasteiger partial charge in [0, 0.05) is 47.3 Å². The van der Waals surface area contributed by atoms with E-state index in [2.05, 4.69) is 0 Å². The summed E-state index contributed by atoms with van der Waals surface area (Å²) in [5.41, 5.74) is 2.89. The van der Waals surface area contributed by atoms with Crippen molar-refractivity contribution in [2.75, 3.05) is 26.2 Å². The maximum atomic E-state index is 14.0. The first-order valence-corrected chi connectivity index (χ1v) is 13.1. The molecular weight excluding hydrogens is 534 g/mol. The fraction of sp³-hybridized carbons (Fsp3) is 0.258. The topological polar surface area (TPSA) is 102 Å². The van der Waals surface area contributed by atoms with Gasteiger partial charge in [0.05, 0.1) is 31.9 Å². The zero-order valence-corrected chi connectivity index (χ0v) is 23.0. The molecule has 1 aliphatic heterocycles. The zero-order chi connectivity index (χ0) is 28.6. The Morgan fingerprint density at radius 1 is 0.875 bits per heavy atom. The summed E-state index contributed by atoms with van der Waals surface area (Å²) in [5, 5.41) is 9.73. The summed E-state index contributed by atoms with van der Waals surface area (Å²) < 4.78 is 16.6. The minimum Gasteiger partial charge on any atom is -0.496 e. The van der Waals surface area contributed by atoms with Gasteiger partial charge in [-0.15, -0.1) is 0 Å². The molecule has 0 radical (unpaired) electrons. The lowest BCUT2D eigenvalue weighted by molar-refractivity contribution is -0.120. The number of aromatic carboxylic acids is 1. The van der Waals surface area contributed by atoms with Crippen molar-refractivity contribution in [1.82, 2.24) is 0 Å². The molecule has 206 valence electrons. The van der Waals surface area contributed by atoms with Crippen LogP contribution in [0, 0.1) is 0 Å². The number of carboxylic acids is 1. The maximum absolute atomic E-state index is 14.0. The molecule has 3 aromatic rings. The molecule has 1 aliphatic carbocycles. The van der Waals surface area contributed by atoms with E-state index in [9.17, 15) is 19.5 Å². The highest BCUT2D eigenvalue weighted by Gasteiger charge is 2.43. The predicted molar refractivity (Wildman–Crippen MR) is 150 cm³/mol. The van der Waals surface area contributed by atoms with Gasteiger partial charge in [-0.2, -0.15) is 0 Å². The van der Waals surface area contributed by atoms with Gasteiger partial charge in [0.15, 0.2) is 17.3 Å². The van der Waals surface area contributed by atoms with E-state index in [-0.39, 0.29) is 41.0 Å². The summed E-state index contributed by atoms with van der Waals surface area (Å²) in [6, 6.07) is 17.6. The number of carbonyl (C=O) groups excluding carboxylic acids is 2. The molecule has 0 spiro atoms. The second-order valence-corrected chi connectivity index (χ2v) is 10.1. The Morgan fingerprint density at radius 2 is 1.55 bits per heavy atom. The third-order valence-corrected chi connectivity index (χ3v) is 7.88. The lowest BCUT2D eigenvalue weighted by Gasteiger charge is -2.41. The molecule has 0 bridgehead atoms. The number of hydrogen-bond acceptors (Lipinski definition) is 6. The highest BCUT2D eigenvalue weighted by Crippen LogP contribution is 2.50. The number of ether oxygens (including phenoxy) is 3. The molecule has 3 aromatic carbocycles. The van der Waals surface area contributed by atoms with Crippen molar-refractivity contribution >= 4 is 34.9 Å². The lowest BCUT2D eigenvalue weighted by Crippen LogP contribution is -2.42. The Kier molecular flexibility index (Phi) is 7.54. The van der Waals surface area contributed by atoms with Crippen LogP contribution in [0.15, 0.2) is 71.9 Å². The van der Waals surface area contributed by atoms with Crippen LogP contribution in [0.5, 0.6) is 17.2 Å². The molecule has 2 aliphatic rings. The minimum atomic E-state index is -1.21. The van der Waals surface area contributed by atoms with E-state index in [1.165, 1.54) is 38.4 Å². The Bertz CT molecular complexity index is 1530. The number of halogens is 1. The third-order valence-electron chi connectivity index (χ3n) is 7.55. The average Bonchev–Trinajstić information content (AvgIpc) is 2.96. The molecule has 1 amide bonds. The largest absolute Gasteiger partial charge is 0.496 e. The van der Waals surface area contributed by atoms with Gasteiger partial charge in [0.2, 0.25) is 5.91 Å². The van der Waals surface area contributed by atoms with E-state index in [1.54, 1.807) is 18.2 Å². The first-order valence-electron chi connectivity index (χ1n) is 12.7. The summed E-state index contributed by atoms with van der Waals surface area (Å²) in [7, 11) is 4.56. The van der Waals surface area contributed by atoms with Crippen molar-refractivity contribution in [2.24, 2.45) is 0 Å². The third kappa shape index (κ3) is 4.79. The van der Waals surface area contributed by atoms with Gasteiger partial charge in [-0.3, -0.25) is 14.5 Å². The smallest absolute Gasteiger partial charge is 0.337 e. The van der Waals surface area contributed by atoms with E-state index in [0.29, 0.717) is 46.2 Å². The van der Waals surface area contributed by atoms with E-state index in [0.717, 1.165) is 5.56 Å². The standard InChI is InChI=1S/C31H28ClNO7/c1-38-26-16-28(40-3)27(39-2)14-20(26)21-15-29(35)33(19-9-10-23(32)22(13-19)31(36)37)24-11-18(12-25(34)30(21)24)17-7-5-4-6-8-17/h4-10,13-14,16,18,21H,11-12,15H2,1-3H3,(H,36,37). The van der Waals surface area contributed by atoms with Crippen molar-refractivity contribution in [3.63, 3.8) is 0 Å². The second kappa shape index (κ2) is 11.1. The molecule has 0 saturated heterocycles. The molecular formula is C31H28ClNO7. The van der Waals surface area contributed by atoms with Crippen LogP contribution in [0.25, 0.3) is 0 Å². The molecule has 0 fully saturated rings. The lowest BCUT2D eigenvalue weighted by atomic mass is 9.72. The number of benzene rings is 3. The fourth-order valence-corrected chi connectivity index (χ4v) is 5.90. The van der Waals surface area contributed by atoms with E-state index >= 15 is 0 Å². The first-order chi connectivity index (χ1) is 19.3. The van der Waals surface area contributed by atoms with Gasteiger partial charge in [-0.1, -0.05) is 41.9 Å². The summed E-state index contributed by atoms with van der Waals surface area (Å²) in [6.45, 7) is 0. The van der Waals surface area contributed by atoms with Gasteiger partial charge < -0.3 is 19.3 Å². The maximum Gasteiger partial charge on any atom is 0.337 e. The van der Waals surface area contributed by atoms with Crippen LogP contribution >= 0.6 is 11.6 Å². The summed E-state index contributed by atoms with van der Waals surface area (Å²) in [6.07, 6.45) is 0.656. The average molecular weight is 562 g/mol. The normalized spacial score (nSPS) is 18.9. The van der Waals surface area contributed by atoms with Gasteiger partial charge in [-0.25, -0.2) is 4.79 Å². The number of ketones is 1. The van der Waals surface area contributed by atoms with Crippen LogP contribution in [0.4, 0.5) is 5.69 Å². The summed E-state index contributed by atoms with van der Waals surface area (Å²) in [4.78, 5) is 41.2. The number of methoxy groups -OCH3 is 3. The number of anilines is 1. The number of Topliss-reactive ketones (excluding diaryl/α,β-unsaturated/α-hetero) is 1. The van der Waals surface area contributed by atoms with Gasteiger partial charge in [-0.05, 0) is 42.2 Å². The minimum absolute atomic E-state index is 0.0303. The van der Waals surface area contributed by atoms with Crippen molar-refractivity contribution in [1.29, 1.82) is 0 Å². The van der Waals surface area contributed by atoms with Crippen molar-refractivity contribution in [2.45, 2.75) is 31.1 Å². The zero-order valence-electron chi connectivity index (χ0n) is 22.3. The van der Waals surface area contributed by atoms with Crippen LogP contribution in [0.3, 0.4) is 0 Å². The van der Waals surface area contributed by atoms with Gasteiger partial charge in [0.1, 0.15) is 5.75 Å². The molecule has 8 nitrogen and oxygen atoms in total. The van der Waals surface area contributed by atoms with E-state index in [1.807, 2.05) is 30.3 Å². The number of nitrogens with zero attached hydrogens (tertiary/aromatic N) is 1. The second-order valence-electron chi connectivity index (χ2n) is 9.70. The molecule has 40 heavy (non-hydrogen) atoms. The Labute approximate surface area is 236 Å². The van der Waals surface area contributed by atoms with Gasteiger partial charge >= 0.3 is 5.97 Å². The van der Waals surface area contributed by atoms with Crippen LogP contribution < -0.4 is 19.1 Å². The van der Waals surface area contributed by atoms with Crippen molar-refractivity contribution < 1.29 is 33.7 Å². The van der Waals surface area contributed by atoms with Crippen LogP contribution in [0.2, 0.25) is 5.02 Å². The molecule has 1 N–H and O–H groups in total. The molecule has 1 heterocycles.